The molecule has 724 valence electrons. The van der Waals surface area contributed by atoms with E-state index in [1.807, 2.05) is 108 Å². The molecular formula is C97H139N19O17. The molecule has 0 fully saturated rings. The molecule has 0 aliphatic carbocycles. The summed E-state index contributed by atoms with van der Waals surface area (Å²) in [5.74, 6) is -14.5. The maximum absolute atomic E-state index is 15.4. The van der Waals surface area contributed by atoms with Gasteiger partial charge in [-0.1, -0.05) is 196 Å². The molecule has 0 radical (unpaired) electrons. The van der Waals surface area contributed by atoms with Crippen LogP contribution >= 0.6 is 0 Å². The number of amides is 16. The van der Waals surface area contributed by atoms with Crippen molar-refractivity contribution in [3.63, 3.8) is 0 Å². The fourth-order valence-electron chi connectivity index (χ4n) is 15.6. The molecule has 20 N–H and O–H groups in total. The van der Waals surface area contributed by atoms with Crippen LogP contribution in [0.4, 0.5) is 0 Å². The number of fused-ring (bicyclic) bond motifs is 3. The van der Waals surface area contributed by atoms with Gasteiger partial charge in [0.2, 0.25) is 95.0 Å². The Morgan fingerprint density at radius 1 is 0.293 bits per heavy atom. The number of H-pyrrole nitrogens is 3. The number of aromatic amines is 3. The van der Waals surface area contributed by atoms with Crippen molar-refractivity contribution in [1.82, 2.24) is 100 Å². The zero-order chi connectivity index (χ0) is 98.2. The summed E-state index contributed by atoms with van der Waals surface area (Å²) in [5.41, 5.74) is 4.81. The molecule has 0 saturated carbocycles. The van der Waals surface area contributed by atoms with Crippen molar-refractivity contribution in [2.24, 2.45) is 47.3 Å². The second-order valence-electron chi connectivity index (χ2n) is 37.3. The Hall–Kier alpha value is -13.0. The summed E-state index contributed by atoms with van der Waals surface area (Å²) < 4.78 is 0. The van der Waals surface area contributed by atoms with Gasteiger partial charge in [-0.2, -0.15) is 0 Å². The van der Waals surface area contributed by atoms with Crippen molar-refractivity contribution in [3.05, 3.63) is 144 Å². The van der Waals surface area contributed by atoms with E-state index in [1.165, 1.54) is 13.8 Å². The third kappa shape index (κ3) is 32.7. The summed E-state index contributed by atoms with van der Waals surface area (Å²) in [6.45, 7) is 29.7. The molecule has 3 heterocycles. The van der Waals surface area contributed by atoms with Crippen LogP contribution in [0.3, 0.4) is 0 Å². The van der Waals surface area contributed by atoms with Gasteiger partial charge in [-0.25, -0.2) is 0 Å². The van der Waals surface area contributed by atoms with E-state index in [0.29, 0.717) is 34.0 Å². The summed E-state index contributed by atoms with van der Waals surface area (Å²) in [6.07, 6.45) is 5.40. The summed E-state index contributed by atoms with van der Waals surface area (Å²) in [6, 6.07) is 12.8. The van der Waals surface area contributed by atoms with E-state index in [0.717, 1.165) is 27.4 Å². The monoisotopic (exact) mass is 1840 g/mol. The van der Waals surface area contributed by atoms with E-state index in [1.54, 1.807) is 124 Å². The first-order valence-electron chi connectivity index (χ1n) is 46.0. The fourth-order valence-corrected chi connectivity index (χ4v) is 15.6. The molecule has 36 nitrogen and oxygen atoms in total. The molecule has 0 aliphatic heterocycles. The van der Waals surface area contributed by atoms with Gasteiger partial charge in [0, 0.05) is 83.5 Å². The van der Waals surface area contributed by atoms with Gasteiger partial charge in [-0.15, -0.1) is 0 Å². The fraction of sp³-hybridized carbons (Fsp3) is 0.526. The first-order valence-corrected chi connectivity index (χ1v) is 46.0. The van der Waals surface area contributed by atoms with Crippen molar-refractivity contribution in [1.29, 1.82) is 0 Å². The number of benzene rings is 4. The molecule has 0 spiro atoms. The second-order valence-corrected chi connectivity index (χ2v) is 37.3. The van der Waals surface area contributed by atoms with Gasteiger partial charge in [0.25, 0.3) is 0 Å². The van der Waals surface area contributed by atoms with Crippen LogP contribution in [0.15, 0.2) is 122 Å². The number of nitrogens with one attached hydrogen (secondary N) is 19. The molecule has 4 aromatic carbocycles. The molecule has 3 aromatic heterocycles. The number of hydrogen-bond donors (Lipinski definition) is 20. The van der Waals surface area contributed by atoms with Gasteiger partial charge < -0.3 is 105 Å². The lowest BCUT2D eigenvalue weighted by atomic mass is 9.97. The Bertz CT molecular complexity index is 5130. The average Bonchev–Trinajstić information content (AvgIpc) is 1.39. The molecule has 0 bridgehead atoms. The first-order chi connectivity index (χ1) is 63.0. The molecule has 133 heavy (non-hydrogen) atoms. The van der Waals surface area contributed by atoms with Gasteiger partial charge in [0.05, 0.1) is 13.2 Å². The van der Waals surface area contributed by atoms with Gasteiger partial charge in [0.1, 0.15) is 84.6 Å². The van der Waals surface area contributed by atoms with Crippen molar-refractivity contribution in [2.75, 3.05) is 19.7 Å². The van der Waals surface area contributed by atoms with E-state index in [4.69, 9.17) is 0 Å². The topological polar surface area (TPSA) is 533 Å². The van der Waals surface area contributed by atoms with Gasteiger partial charge in [0.15, 0.2) is 0 Å². The molecule has 16 amide bonds. The minimum atomic E-state index is -1.46. The molecule has 0 aliphatic rings. The second kappa shape index (κ2) is 51.7. The smallest absolute Gasteiger partial charge is 0.243 e. The Morgan fingerprint density at radius 2 is 0.579 bits per heavy atom. The molecule has 14 atom stereocenters. The van der Waals surface area contributed by atoms with Crippen LogP contribution in [-0.4, -0.2) is 219 Å². The maximum Gasteiger partial charge on any atom is 0.243 e. The Labute approximate surface area is 777 Å². The third-order valence-corrected chi connectivity index (χ3v) is 22.8. The zero-order valence-electron chi connectivity index (χ0n) is 79.6. The van der Waals surface area contributed by atoms with Crippen molar-refractivity contribution >= 4 is 128 Å². The number of para-hydroxylation sites is 3. The number of aliphatic hydroxyl groups excluding tert-OH is 1. The SMILES string of the molecule is CC(C)CC(NC(=O)C(C)NC(=O)CNC(=O)C(NC=O)C(C)C)C(=O)NC(C)C(=O)NC(C(=O)NC(C(=O)NC(C(=O)NC(Cc1c[nH]c2ccccc12)C(=O)NC(CC(C)C)C(=O)NC(Cc1ccccc1)C(=O)NC(CC(C)C)C(=O)NC(Cc1c[nH]c2ccccc12)C(=O)NC(CC(C)C)C(=O)NC(Cc1c[nH]c2ccccc12)C(=O)NCCO)C(C)C)C(C)C)C(C)C. The van der Waals surface area contributed by atoms with Crippen LogP contribution in [0.2, 0.25) is 0 Å². The Balaban J connectivity index is 1.09. The lowest BCUT2D eigenvalue weighted by Gasteiger charge is -2.31. The molecule has 36 heteroatoms. The Kier molecular flexibility index (Phi) is 41.6. The number of carbonyl (C=O) groups is 16. The number of aromatic nitrogens is 3. The van der Waals surface area contributed by atoms with Crippen LogP contribution < -0.4 is 85.1 Å². The van der Waals surface area contributed by atoms with E-state index in [-0.39, 0.29) is 94.1 Å². The number of hydrogen-bond acceptors (Lipinski definition) is 17. The van der Waals surface area contributed by atoms with Crippen molar-refractivity contribution < 1.29 is 81.8 Å². The van der Waals surface area contributed by atoms with Crippen LogP contribution in [0.5, 0.6) is 0 Å². The lowest BCUT2D eigenvalue weighted by molar-refractivity contribution is -0.137. The van der Waals surface area contributed by atoms with Crippen LogP contribution in [-0.2, 0) is 102 Å². The Morgan fingerprint density at radius 3 is 0.932 bits per heavy atom. The van der Waals surface area contributed by atoms with E-state index in [2.05, 4.69) is 100 Å². The van der Waals surface area contributed by atoms with Crippen LogP contribution in [0.25, 0.3) is 32.7 Å². The van der Waals surface area contributed by atoms with Crippen LogP contribution in [0.1, 0.15) is 173 Å². The summed E-state index contributed by atoms with van der Waals surface area (Å²) in [4.78, 5) is 237. The third-order valence-electron chi connectivity index (χ3n) is 22.8. The molecule has 14 unspecified atom stereocenters. The van der Waals surface area contributed by atoms with E-state index >= 15 is 28.8 Å². The number of rotatable bonds is 53. The number of carbonyl (C=O) groups excluding carboxylic acids is 16. The predicted molar refractivity (Wildman–Crippen MR) is 506 cm³/mol. The van der Waals surface area contributed by atoms with Crippen molar-refractivity contribution in [2.45, 2.75) is 261 Å². The summed E-state index contributed by atoms with van der Waals surface area (Å²) in [7, 11) is 0. The average molecular weight is 1840 g/mol. The van der Waals surface area contributed by atoms with Gasteiger partial charge in [-0.05, 0) is 127 Å². The highest BCUT2D eigenvalue weighted by Crippen LogP contribution is 2.25. The quantitative estimate of drug-likeness (QED) is 0.0240. The van der Waals surface area contributed by atoms with Crippen molar-refractivity contribution in [3.8, 4) is 0 Å². The maximum atomic E-state index is 15.4. The molecule has 0 saturated heterocycles. The standard InChI is InChI=1S/C97H139N19O17/c1-51(2)38-71(106-84(120)59(17)104-79(119)49-102-94(130)80(55(9)10)103-50-118)87(123)105-60(18)85(121)114-82(57(13)14)96(132)116-83(58(15)16)97(133)115-81(56(11)12)95(131)113-78(45-64-48-101-70-35-27-24-32-67(64)70)93(129)109-72(39-52(3)4)88(124)110-75(42-61-28-20-19-21-29-61)91(127)107-74(41-54(7)8)90(126)112-77(44-63-47-100-69-34-26-23-31-66(63)69)92(128)108-73(40-53(5)6)89(125)111-76(86(122)98-36-37-117)43-62-46-99-68-33-25-22-30-65(62)68/h19-35,46-48,50-60,71-78,80-83,99-101,117H,36-45,49H2,1-18H3,(H,98,122)(H,102,130)(H,103,118)(H,104,119)(H,105,123)(H,106,120)(H,107,127)(H,108,128)(H,109,129)(H,110,124)(H,111,125)(H,112,126)(H,113,131)(H,114,121)(H,115,133)(H,116,132). The minimum Gasteiger partial charge on any atom is -0.395 e. The van der Waals surface area contributed by atoms with E-state index in [9.17, 15) is 53.1 Å². The van der Waals surface area contributed by atoms with Gasteiger partial charge in [-0.3, -0.25) is 76.7 Å². The highest BCUT2D eigenvalue weighted by Gasteiger charge is 2.40. The number of aliphatic hydroxyl groups is 1. The van der Waals surface area contributed by atoms with Crippen LogP contribution in [0, 0.1) is 47.3 Å². The highest BCUT2D eigenvalue weighted by atomic mass is 16.3. The predicted octanol–water partition coefficient (Wildman–Crippen LogP) is 3.89. The summed E-state index contributed by atoms with van der Waals surface area (Å²) in [5, 5.41) is 55.6. The largest absolute Gasteiger partial charge is 0.395 e. The van der Waals surface area contributed by atoms with E-state index < -0.39 is 197 Å². The molecule has 7 rings (SSSR count). The zero-order valence-corrected chi connectivity index (χ0v) is 79.6. The van der Waals surface area contributed by atoms with Gasteiger partial charge >= 0.3 is 0 Å². The summed E-state index contributed by atoms with van der Waals surface area (Å²) >= 11 is 0. The first kappa shape index (κ1) is 107. The minimum absolute atomic E-state index is 0.000512. The lowest BCUT2D eigenvalue weighted by Crippen LogP contribution is -2.62. The molecular weight excluding hydrogens is 1700 g/mol. The normalized spacial score (nSPS) is 14.8. The molecule has 7 aromatic rings. The highest BCUT2D eigenvalue weighted by molar-refractivity contribution is 6.02.